The monoisotopic (exact) mass is 389 g/mol. The average molecular weight is 389 g/mol. The number of rotatable bonds is 6. The van der Waals surface area contributed by atoms with E-state index < -0.39 is 4.92 Å². The molecule has 1 fully saturated rings. The Morgan fingerprint density at radius 2 is 2.04 bits per heavy atom. The van der Waals surface area contributed by atoms with Gasteiger partial charge in [-0.25, -0.2) is 4.98 Å². The number of thiazole rings is 1. The van der Waals surface area contributed by atoms with Crippen LogP contribution in [0.25, 0.3) is 0 Å². The van der Waals surface area contributed by atoms with E-state index in [1.807, 2.05) is 11.8 Å². The van der Waals surface area contributed by atoms with Gasteiger partial charge in [-0.05, 0) is 35.7 Å². The normalized spacial score (nSPS) is 14.4. The highest BCUT2D eigenvalue weighted by Crippen LogP contribution is 2.23. The van der Waals surface area contributed by atoms with Gasteiger partial charge in [-0.1, -0.05) is 13.3 Å². The van der Waals surface area contributed by atoms with Crippen molar-refractivity contribution >= 4 is 28.7 Å². The third kappa shape index (κ3) is 4.41. The van der Waals surface area contributed by atoms with Gasteiger partial charge in [0.25, 0.3) is 5.91 Å². The van der Waals surface area contributed by atoms with Gasteiger partial charge < -0.3 is 19.9 Å². The van der Waals surface area contributed by atoms with Crippen LogP contribution in [0.5, 0.6) is 0 Å². The fourth-order valence-electron chi connectivity index (χ4n) is 3.07. The molecule has 1 aliphatic heterocycles. The summed E-state index contributed by atoms with van der Waals surface area (Å²) >= 11 is 1.51. The first-order valence-electron chi connectivity index (χ1n) is 9.10. The molecule has 3 rings (SSSR count). The molecule has 1 saturated heterocycles. The van der Waals surface area contributed by atoms with E-state index in [0.717, 1.165) is 40.5 Å². The quantitative estimate of drug-likeness (QED) is 0.557. The van der Waals surface area contributed by atoms with Gasteiger partial charge in [-0.3, -0.25) is 4.79 Å². The number of hydrogen-bond donors (Lipinski definition) is 0. The summed E-state index contributed by atoms with van der Waals surface area (Å²) in [4.78, 5) is 36.2. The Bertz CT molecular complexity index is 813. The van der Waals surface area contributed by atoms with Gasteiger partial charge in [0.2, 0.25) is 0 Å². The summed E-state index contributed by atoms with van der Waals surface area (Å²) in [5.74, 6) is -0.110. The van der Waals surface area contributed by atoms with Crippen LogP contribution in [0.4, 0.5) is 11.5 Å². The van der Waals surface area contributed by atoms with Crippen LogP contribution >= 0.6 is 11.3 Å². The predicted octanol–water partition coefficient (Wildman–Crippen LogP) is 3.06. The van der Waals surface area contributed by atoms with Crippen LogP contribution in [0.15, 0.2) is 18.3 Å². The van der Waals surface area contributed by atoms with Crippen molar-refractivity contribution in [1.29, 1.82) is 0 Å². The molecule has 0 aliphatic carbocycles. The molecule has 2 aromatic rings. The molecular weight excluding hydrogens is 366 g/mol. The van der Waals surface area contributed by atoms with Gasteiger partial charge in [0.1, 0.15) is 4.88 Å². The molecule has 9 heteroatoms. The number of nitrogens with zero attached hydrogens (tertiary/aromatic N) is 5. The summed E-state index contributed by atoms with van der Waals surface area (Å²) in [6.07, 6.45) is 4.64. The summed E-state index contributed by atoms with van der Waals surface area (Å²) in [6.45, 7) is 6.61. The number of carbonyl (C=O) groups is 1. The fourth-order valence-corrected chi connectivity index (χ4v) is 4.14. The van der Waals surface area contributed by atoms with E-state index in [1.54, 1.807) is 6.07 Å². The first-order chi connectivity index (χ1) is 13.0. The summed E-state index contributed by atoms with van der Waals surface area (Å²) in [6, 6.07) is 3.11. The molecule has 0 saturated carbocycles. The number of carbonyl (C=O) groups excluding carboxylic acids is 1. The van der Waals surface area contributed by atoms with Crippen molar-refractivity contribution < 1.29 is 9.72 Å². The van der Waals surface area contributed by atoms with E-state index in [9.17, 15) is 14.9 Å². The van der Waals surface area contributed by atoms with Gasteiger partial charge >= 0.3 is 5.82 Å². The Kier molecular flexibility index (Phi) is 6.00. The number of anilines is 1. The van der Waals surface area contributed by atoms with Crippen molar-refractivity contribution in [3.05, 3.63) is 44.0 Å². The zero-order chi connectivity index (χ0) is 19.4. The minimum Gasteiger partial charge on any atom is -0.365 e. The summed E-state index contributed by atoms with van der Waals surface area (Å²) < 4.78 is 0. The highest BCUT2D eigenvalue weighted by molar-refractivity contribution is 7.13. The summed E-state index contributed by atoms with van der Waals surface area (Å²) in [5.41, 5.74) is 1.65. The second kappa shape index (κ2) is 8.43. The van der Waals surface area contributed by atoms with Crippen LogP contribution in [0, 0.1) is 17.0 Å². The molecule has 144 valence electrons. The molecule has 0 N–H and O–H groups in total. The Hall–Kier alpha value is -2.55. The maximum absolute atomic E-state index is 12.9. The first kappa shape index (κ1) is 19.2. The lowest BCUT2D eigenvalue weighted by Crippen LogP contribution is -2.48. The van der Waals surface area contributed by atoms with Crippen molar-refractivity contribution in [2.24, 2.45) is 0 Å². The Morgan fingerprint density at radius 1 is 1.30 bits per heavy atom. The second-order valence-corrected chi connectivity index (χ2v) is 7.62. The molecule has 0 aromatic carbocycles. The standard InChI is InChI=1S/C18H23N5O3S/c1-3-4-5-16-20-13(2)17(27-16)18(24)22-10-8-21(9-11-22)14-6-7-15(19-12-14)23(25)26/h6-7,12H,3-5,8-11H2,1-2H3. The van der Waals surface area contributed by atoms with Gasteiger partial charge in [0, 0.05) is 32.2 Å². The number of pyridine rings is 1. The van der Waals surface area contributed by atoms with Crippen molar-refractivity contribution in [2.75, 3.05) is 31.1 Å². The van der Waals surface area contributed by atoms with Crippen molar-refractivity contribution in [1.82, 2.24) is 14.9 Å². The van der Waals surface area contributed by atoms with E-state index in [4.69, 9.17) is 0 Å². The van der Waals surface area contributed by atoms with Crippen LogP contribution in [-0.2, 0) is 6.42 Å². The van der Waals surface area contributed by atoms with Gasteiger partial charge in [0.15, 0.2) is 6.20 Å². The van der Waals surface area contributed by atoms with Gasteiger partial charge in [0.05, 0.1) is 16.4 Å². The van der Waals surface area contributed by atoms with E-state index in [2.05, 4.69) is 21.8 Å². The third-order valence-corrected chi connectivity index (χ3v) is 5.84. The number of nitro groups is 1. The van der Waals surface area contributed by atoms with E-state index in [0.29, 0.717) is 26.2 Å². The van der Waals surface area contributed by atoms with Crippen LogP contribution in [-0.4, -0.2) is 51.9 Å². The van der Waals surface area contributed by atoms with Crippen LogP contribution in [0.2, 0.25) is 0 Å². The minimum atomic E-state index is -0.507. The molecule has 0 unspecified atom stereocenters. The molecule has 0 radical (unpaired) electrons. The largest absolute Gasteiger partial charge is 0.365 e. The number of hydrogen-bond acceptors (Lipinski definition) is 7. The van der Waals surface area contributed by atoms with Crippen molar-refractivity contribution in [3.63, 3.8) is 0 Å². The lowest BCUT2D eigenvalue weighted by molar-refractivity contribution is -0.389. The summed E-state index contributed by atoms with van der Waals surface area (Å²) in [5, 5.41) is 11.7. The number of amides is 1. The topological polar surface area (TPSA) is 92.5 Å². The van der Waals surface area contributed by atoms with E-state index in [-0.39, 0.29) is 11.7 Å². The SMILES string of the molecule is CCCCc1nc(C)c(C(=O)N2CCN(c3ccc([N+](=O)[O-])nc3)CC2)s1. The Labute approximate surface area is 162 Å². The zero-order valence-corrected chi connectivity index (χ0v) is 16.4. The predicted molar refractivity (Wildman–Crippen MR) is 104 cm³/mol. The molecule has 3 heterocycles. The molecule has 2 aromatic heterocycles. The van der Waals surface area contributed by atoms with Crippen molar-refractivity contribution in [3.8, 4) is 0 Å². The van der Waals surface area contributed by atoms with Crippen LogP contribution in [0.1, 0.15) is 40.1 Å². The lowest BCUT2D eigenvalue weighted by atomic mass is 10.2. The number of aromatic nitrogens is 2. The Balaban J connectivity index is 1.61. The maximum Gasteiger partial charge on any atom is 0.363 e. The number of unbranched alkanes of at least 4 members (excludes halogenated alkanes) is 1. The van der Waals surface area contributed by atoms with E-state index in [1.165, 1.54) is 23.6 Å². The van der Waals surface area contributed by atoms with E-state index >= 15 is 0 Å². The van der Waals surface area contributed by atoms with Gasteiger partial charge in [-0.2, -0.15) is 0 Å². The smallest absolute Gasteiger partial charge is 0.363 e. The molecule has 1 aliphatic rings. The first-order valence-corrected chi connectivity index (χ1v) is 9.92. The average Bonchev–Trinajstić information content (AvgIpc) is 3.06. The minimum absolute atomic E-state index is 0.0502. The molecular formula is C18H23N5O3S. The molecule has 1 amide bonds. The molecule has 0 spiro atoms. The molecule has 27 heavy (non-hydrogen) atoms. The lowest BCUT2D eigenvalue weighted by Gasteiger charge is -2.35. The molecule has 0 atom stereocenters. The summed E-state index contributed by atoms with van der Waals surface area (Å²) in [7, 11) is 0. The highest BCUT2D eigenvalue weighted by Gasteiger charge is 2.26. The Morgan fingerprint density at radius 3 is 2.63 bits per heavy atom. The fraction of sp³-hybridized carbons (Fsp3) is 0.500. The third-order valence-electron chi connectivity index (χ3n) is 4.63. The zero-order valence-electron chi connectivity index (χ0n) is 15.6. The highest BCUT2D eigenvalue weighted by atomic mass is 32.1. The molecule has 0 bridgehead atoms. The number of aryl methyl sites for hydroxylation is 2. The van der Waals surface area contributed by atoms with Crippen molar-refractivity contribution in [2.45, 2.75) is 33.1 Å². The maximum atomic E-state index is 12.9. The number of piperazine rings is 1. The van der Waals surface area contributed by atoms with Gasteiger partial charge in [-0.15, -0.1) is 11.3 Å². The second-order valence-electron chi connectivity index (χ2n) is 6.54. The molecule has 8 nitrogen and oxygen atoms in total. The van der Waals surface area contributed by atoms with Crippen LogP contribution in [0.3, 0.4) is 0 Å². The van der Waals surface area contributed by atoms with Crippen LogP contribution < -0.4 is 4.90 Å².